The molecule has 0 aliphatic carbocycles. The van der Waals surface area contributed by atoms with Gasteiger partial charge in [0.25, 0.3) is 10.0 Å². The molecule has 0 bridgehead atoms. The molecule has 29 heavy (non-hydrogen) atoms. The predicted octanol–water partition coefficient (Wildman–Crippen LogP) is 5.01. The Morgan fingerprint density at radius 2 is 1.62 bits per heavy atom. The summed E-state index contributed by atoms with van der Waals surface area (Å²) in [6, 6.07) is 18.7. The van der Waals surface area contributed by atoms with Crippen molar-refractivity contribution in [1.29, 1.82) is 0 Å². The van der Waals surface area contributed by atoms with E-state index in [1.54, 1.807) is 42.5 Å². The number of carbonyl (C=O) groups is 1. The molecule has 3 rings (SSSR count). The summed E-state index contributed by atoms with van der Waals surface area (Å²) in [6.45, 7) is 0. The first-order chi connectivity index (χ1) is 13.8. The summed E-state index contributed by atoms with van der Waals surface area (Å²) >= 11 is 6.97. The van der Waals surface area contributed by atoms with E-state index in [-0.39, 0.29) is 21.6 Å². The zero-order valence-corrected chi connectivity index (χ0v) is 17.3. The Balaban J connectivity index is 1.55. The zero-order chi connectivity index (χ0) is 20.9. The minimum absolute atomic E-state index is 0.0657. The Labute approximate surface area is 177 Å². The van der Waals surface area contributed by atoms with Gasteiger partial charge in [-0.2, -0.15) is 0 Å². The molecule has 0 saturated carbocycles. The number of benzene rings is 3. The van der Waals surface area contributed by atoms with Crippen LogP contribution in [0.3, 0.4) is 0 Å². The van der Waals surface area contributed by atoms with Crippen molar-refractivity contribution in [2.24, 2.45) is 0 Å². The highest BCUT2D eigenvalue weighted by atomic mass is 35.5. The largest absolute Gasteiger partial charge is 0.325 e. The predicted molar refractivity (Wildman–Crippen MR) is 114 cm³/mol. The number of thioether (sulfide) groups is 1. The number of sulfonamides is 1. The smallest absolute Gasteiger partial charge is 0.261 e. The summed E-state index contributed by atoms with van der Waals surface area (Å²) in [5.41, 5.74) is 0.830. The van der Waals surface area contributed by atoms with Gasteiger partial charge in [0.1, 0.15) is 5.82 Å². The molecule has 0 aromatic heterocycles. The lowest BCUT2D eigenvalue weighted by Crippen LogP contribution is -2.14. The van der Waals surface area contributed by atoms with Gasteiger partial charge < -0.3 is 5.32 Å². The van der Waals surface area contributed by atoms with Gasteiger partial charge in [0, 0.05) is 16.3 Å². The molecular weight excluding hydrogens is 435 g/mol. The van der Waals surface area contributed by atoms with Crippen molar-refractivity contribution in [2.75, 3.05) is 15.8 Å². The highest BCUT2D eigenvalue weighted by Gasteiger charge is 2.13. The van der Waals surface area contributed by atoms with Crippen LogP contribution in [-0.2, 0) is 14.8 Å². The van der Waals surface area contributed by atoms with E-state index in [2.05, 4.69) is 10.0 Å². The molecule has 5 nitrogen and oxygen atoms in total. The van der Waals surface area contributed by atoms with Crippen molar-refractivity contribution in [3.63, 3.8) is 0 Å². The molecule has 0 aliphatic heterocycles. The second kappa shape index (κ2) is 9.30. The summed E-state index contributed by atoms with van der Waals surface area (Å²) in [6.07, 6.45) is 0. The Morgan fingerprint density at radius 3 is 2.28 bits per heavy atom. The first-order valence-corrected chi connectivity index (χ1v) is 11.2. The fraction of sp³-hybridized carbons (Fsp3) is 0.0500. The fourth-order valence-electron chi connectivity index (χ4n) is 2.35. The van der Waals surface area contributed by atoms with E-state index in [1.807, 2.05) is 0 Å². The zero-order valence-electron chi connectivity index (χ0n) is 14.9. The first kappa shape index (κ1) is 21.2. The van der Waals surface area contributed by atoms with Gasteiger partial charge in [0.15, 0.2) is 0 Å². The van der Waals surface area contributed by atoms with Crippen LogP contribution in [0.1, 0.15) is 0 Å². The van der Waals surface area contributed by atoms with Gasteiger partial charge >= 0.3 is 0 Å². The Morgan fingerprint density at radius 1 is 0.966 bits per heavy atom. The Hall–Kier alpha value is -2.55. The van der Waals surface area contributed by atoms with E-state index in [4.69, 9.17) is 11.6 Å². The van der Waals surface area contributed by atoms with Crippen LogP contribution in [0.25, 0.3) is 0 Å². The molecule has 150 valence electrons. The number of hydrogen-bond acceptors (Lipinski definition) is 4. The molecule has 0 fully saturated rings. The number of halogens is 2. The topological polar surface area (TPSA) is 75.3 Å². The van der Waals surface area contributed by atoms with Crippen LogP contribution in [-0.4, -0.2) is 20.1 Å². The lowest BCUT2D eigenvalue weighted by atomic mass is 10.3. The van der Waals surface area contributed by atoms with Crippen molar-refractivity contribution < 1.29 is 17.6 Å². The molecule has 1 amide bonds. The number of hydrogen-bond donors (Lipinski definition) is 2. The standard InChI is InChI=1S/C20H16ClFN2O3S2/c21-18-12-15(8-11-19(18)22)23-20(25)13-28-16-9-6-14(7-10-16)24-29(26,27)17-4-2-1-3-5-17/h1-12,24H,13H2,(H,23,25). The summed E-state index contributed by atoms with van der Waals surface area (Å²) in [5, 5.41) is 2.57. The lowest BCUT2D eigenvalue weighted by molar-refractivity contribution is -0.113. The van der Waals surface area contributed by atoms with Crippen molar-refractivity contribution in [3.05, 3.63) is 83.6 Å². The molecule has 0 atom stereocenters. The van der Waals surface area contributed by atoms with Crippen LogP contribution >= 0.6 is 23.4 Å². The van der Waals surface area contributed by atoms with Gasteiger partial charge in [-0.15, -0.1) is 11.8 Å². The SMILES string of the molecule is O=C(CSc1ccc(NS(=O)(=O)c2ccccc2)cc1)Nc1ccc(F)c(Cl)c1. The molecule has 0 radical (unpaired) electrons. The fourth-order valence-corrected chi connectivity index (χ4v) is 4.31. The first-order valence-electron chi connectivity index (χ1n) is 8.39. The highest BCUT2D eigenvalue weighted by Crippen LogP contribution is 2.23. The van der Waals surface area contributed by atoms with Crippen LogP contribution in [0.15, 0.2) is 82.6 Å². The molecule has 0 unspecified atom stereocenters. The summed E-state index contributed by atoms with van der Waals surface area (Å²) in [7, 11) is -3.65. The van der Waals surface area contributed by atoms with Crippen molar-refractivity contribution in [1.82, 2.24) is 0 Å². The van der Waals surface area contributed by atoms with Crippen LogP contribution in [0, 0.1) is 5.82 Å². The second-order valence-corrected chi connectivity index (χ2v) is 9.05. The third kappa shape index (κ3) is 5.96. The van der Waals surface area contributed by atoms with Gasteiger partial charge in [0.05, 0.1) is 15.7 Å². The third-order valence-corrected chi connectivity index (χ3v) is 6.43. The molecule has 9 heteroatoms. The van der Waals surface area contributed by atoms with Gasteiger partial charge in [-0.05, 0) is 54.6 Å². The molecular formula is C20H16ClFN2O3S2. The Kier molecular flexibility index (Phi) is 6.79. The highest BCUT2D eigenvalue weighted by molar-refractivity contribution is 8.00. The molecule has 3 aromatic carbocycles. The van der Waals surface area contributed by atoms with Crippen LogP contribution in [0.4, 0.5) is 15.8 Å². The van der Waals surface area contributed by atoms with Crippen molar-refractivity contribution >= 4 is 50.7 Å². The van der Waals surface area contributed by atoms with E-state index in [0.717, 1.165) is 4.90 Å². The van der Waals surface area contributed by atoms with Crippen LogP contribution in [0.2, 0.25) is 5.02 Å². The summed E-state index contributed by atoms with van der Waals surface area (Å²) < 4.78 is 40.3. The summed E-state index contributed by atoms with van der Waals surface area (Å²) in [5.74, 6) is -0.696. The number of amides is 1. The van der Waals surface area contributed by atoms with E-state index in [9.17, 15) is 17.6 Å². The third-order valence-electron chi connectivity index (χ3n) is 3.73. The molecule has 3 aromatic rings. The number of rotatable bonds is 7. The van der Waals surface area contributed by atoms with Crippen LogP contribution < -0.4 is 10.0 Å². The number of nitrogens with one attached hydrogen (secondary N) is 2. The van der Waals surface area contributed by atoms with Gasteiger partial charge in [-0.3, -0.25) is 9.52 Å². The molecule has 0 saturated heterocycles. The average Bonchev–Trinajstić information content (AvgIpc) is 2.71. The van der Waals surface area contributed by atoms with E-state index >= 15 is 0 Å². The maximum absolute atomic E-state index is 13.1. The monoisotopic (exact) mass is 450 g/mol. The average molecular weight is 451 g/mol. The normalized spacial score (nSPS) is 11.1. The molecule has 0 spiro atoms. The number of anilines is 2. The minimum atomic E-state index is -3.65. The van der Waals surface area contributed by atoms with E-state index in [1.165, 1.54) is 42.1 Å². The van der Waals surface area contributed by atoms with E-state index in [0.29, 0.717) is 11.4 Å². The molecule has 0 aliphatic rings. The quantitative estimate of drug-likeness (QED) is 0.496. The maximum atomic E-state index is 13.1. The van der Waals surface area contributed by atoms with Gasteiger partial charge in [-0.25, -0.2) is 12.8 Å². The second-order valence-electron chi connectivity index (χ2n) is 5.91. The van der Waals surface area contributed by atoms with E-state index < -0.39 is 15.8 Å². The van der Waals surface area contributed by atoms with Crippen LogP contribution in [0.5, 0.6) is 0 Å². The Bertz CT molecular complexity index is 1110. The molecule has 0 heterocycles. The van der Waals surface area contributed by atoms with Crippen molar-refractivity contribution in [2.45, 2.75) is 9.79 Å². The lowest BCUT2D eigenvalue weighted by Gasteiger charge is -2.09. The summed E-state index contributed by atoms with van der Waals surface area (Å²) in [4.78, 5) is 13.0. The minimum Gasteiger partial charge on any atom is -0.325 e. The number of carbonyl (C=O) groups excluding carboxylic acids is 1. The van der Waals surface area contributed by atoms with Gasteiger partial charge in [-0.1, -0.05) is 29.8 Å². The molecule has 2 N–H and O–H groups in total. The van der Waals surface area contributed by atoms with Gasteiger partial charge in [0.2, 0.25) is 5.91 Å². The maximum Gasteiger partial charge on any atom is 0.261 e. The van der Waals surface area contributed by atoms with Crippen molar-refractivity contribution in [3.8, 4) is 0 Å².